The first-order chi connectivity index (χ1) is 16.0. The lowest BCUT2D eigenvalue weighted by Crippen LogP contribution is -2.58. The molecule has 1 aromatic heterocycles. The van der Waals surface area contributed by atoms with Crippen LogP contribution in [0.4, 0.5) is 0 Å². The molecule has 34 heavy (non-hydrogen) atoms. The molecule has 1 saturated heterocycles. The predicted octanol–water partition coefficient (Wildman–Crippen LogP) is 1.05. The maximum atomic E-state index is 13.5. The number of rotatable bonds is 4. The minimum atomic E-state index is -1.75. The zero-order valence-electron chi connectivity index (χ0n) is 18.2. The highest BCUT2D eigenvalue weighted by Crippen LogP contribution is 2.41. The lowest BCUT2D eigenvalue weighted by Gasteiger charge is -2.38. The highest BCUT2D eigenvalue weighted by Gasteiger charge is 2.44. The molecule has 0 bridgehead atoms. The topological polar surface area (TPSA) is 190 Å². The molecule has 11 heteroatoms. The molecule has 1 aliphatic heterocycles. The Morgan fingerprint density at radius 3 is 2.29 bits per heavy atom. The highest BCUT2D eigenvalue weighted by molar-refractivity contribution is 5.90. The van der Waals surface area contributed by atoms with E-state index in [2.05, 4.69) is 0 Å². The van der Waals surface area contributed by atoms with Crippen LogP contribution in [0.25, 0.3) is 22.3 Å². The molecule has 3 aromatic rings. The van der Waals surface area contributed by atoms with Gasteiger partial charge in [-0.05, 0) is 31.5 Å². The van der Waals surface area contributed by atoms with Gasteiger partial charge in [0, 0.05) is 17.2 Å². The number of aliphatic hydroxyl groups excluding tert-OH is 3. The number of aliphatic hydroxyl groups is 3. The summed E-state index contributed by atoms with van der Waals surface area (Å²) in [6, 6.07) is 4.69. The number of phenolic OH excluding ortho intramolecular Hbond substituents is 4. The van der Waals surface area contributed by atoms with Crippen LogP contribution in [0.3, 0.4) is 0 Å². The van der Waals surface area contributed by atoms with Crippen LogP contribution >= 0.6 is 0 Å². The van der Waals surface area contributed by atoms with E-state index in [9.17, 15) is 40.5 Å². The third-order valence-corrected chi connectivity index (χ3v) is 5.83. The van der Waals surface area contributed by atoms with E-state index in [1.165, 1.54) is 13.0 Å². The van der Waals surface area contributed by atoms with E-state index in [4.69, 9.17) is 13.9 Å². The smallest absolute Gasteiger partial charge is 0.239 e. The number of hydrogen-bond acceptors (Lipinski definition) is 11. The summed E-state index contributed by atoms with van der Waals surface area (Å²) in [5, 5.41) is 70.6. The average Bonchev–Trinajstić information content (AvgIpc) is 2.79. The van der Waals surface area contributed by atoms with Crippen LogP contribution < -0.4 is 10.2 Å². The number of fused-ring (bicyclic) bond motifs is 1. The fourth-order valence-corrected chi connectivity index (χ4v) is 3.88. The Kier molecular flexibility index (Phi) is 6.04. The number of phenols is 4. The molecule has 11 nitrogen and oxygen atoms in total. The zero-order valence-corrected chi connectivity index (χ0v) is 18.2. The van der Waals surface area contributed by atoms with Gasteiger partial charge < -0.3 is 49.6 Å². The number of ether oxygens (including phenoxy) is 2. The van der Waals surface area contributed by atoms with Crippen LogP contribution in [-0.4, -0.2) is 66.5 Å². The van der Waals surface area contributed by atoms with Crippen molar-refractivity contribution in [2.24, 2.45) is 0 Å². The van der Waals surface area contributed by atoms with E-state index < -0.39 is 59.1 Å². The summed E-state index contributed by atoms with van der Waals surface area (Å²) < 4.78 is 16.8. The molecule has 0 spiro atoms. The molecule has 0 unspecified atom stereocenters. The van der Waals surface area contributed by atoms with Crippen molar-refractivity contribution in [3.63, 3.8) is 0 Å². The molecule has 1 aliphatic rings. The van der Waals surface area contributed by atoms with E-state index in [1.807, 2.05) is 0 Å². The van der Waals surface area contributed by atoms with Crippen molar-refractivity contribution in [1.29, 1.82) is 0 Å². The van der Waals surface area contributed by atoms with Crippen molar-refractivity contribution >= 4 is 11.0 Å². The Hall–Kier alpha value is -3.51. The van der Waals surface area contributed by atoms with Crippen molar-refractivity contribution in [2.45, 2.75) is 51.0 Å². The largest absolute Gasteiger partial charge is 0.507 e. The van der Waals surface area contributed by atoms with Crippen LogP contribution in [0, 0.1) is 0 Å². The van der Waals surface area contributed by atoms with Crippen molar-refractivity contribution in [3.05, 3.63) is 40.1 Å². The monoisotopic (exact) mass is 476 g/mol. The van der Waals surface area contributed by atoms with Gasteiger partial charge in [0.25, 0.3) is 0 Å². The van der Waals surface area contributed by atoms with E-state index >= 15 is 0 Å². The third-order valence-electron chi connectivity index (χ3n) is 5.83. The van der Waals surface area contributed by atoms with E-state index in [0.29, 0.717) is 0 Å². The van der Waals surface area contributed by atoms with Crippen LogP contribution in [0.15, 0.2) is 33.5 Å². The standard InChI is InChI=1S/C23H24O11/c1-3-10-12(25)7-14-15(17(10)28)18(29)22(21(33-14)9-4-5-11(24)13(26)6-9)34-23-20(31)19(30)16(27)8(2)32-23/h4-8,16,19-20,23-28,30-31H,3H2,1-2H3/t8-,16-,19+,20+,23-/m0/s1. The minimum Gasteiger partial charge on any atom is -0.507 e. The van der Waals surface area contributed by atoms with Gasteiger partial charge >= 0.3 is 0 Å². The maximum absolute atomic E-state index is 13.5. The first-order valence-corrected chi connectivity index (χ1v) is 10.5. The van der Waals surface area contributed by atoms with Crippen LogP contribution in [0.1, 0.15) is 19.4 Å². The Morgan fingerprint density at radius 1 is 0.941 bits per heavy atom. The Bertz CT molecular complexity index is 1300. The molecule has 0 amide bonds. The molecule has 0 radical (unpaired) electrons. The normalized spacial score (nSPS) is 24.9. The van der Waals surface area contributed by atoms with Crippen LogP contribution in [0.2, 0.25) is 0 Å². The van der Waals surface area contributed by atoms with Gasteiger partial charge in [0.2, 0.25) is 17.5 Å². The highest BCUT2D eigenvalue weighted by atomic mass is 16.7. The fraction of sp³-hybridized carbons (Fsp3) is 0.348. The van der Waals surface area contributed by atoms with Crippen molar-refractivity contribution < 1.29 is 49.6 Å². The van der Waals surface area contributed by atoms with E-state index in [0.717, 1.165) is 18.2 Å². The Morgan fingerprint density at radius 2 is 1.65 bits per heavy atom. The first-order valence-electron chi connectivity index (χ1n) is 10.5. The second-order valence-electron chi connectivity index (χ2n) is 8.04. The molecule has 2 aromatic carbocycles. The third kappa shape index (κ3) is 3.78. The van der Waals surface area contributed by atoms with Crippen molar-refractivity contribution in [3.8, 4) is 40.1 Å². The van der Waals surface area contributed by atoms with Crippen LogP contribution in [-0.2, 0) is 11.2 Å². The second-order valence-corrected chi connectivity index (χ2v) is 8.04. The van der Waals surface area contributed by atoms with Gasteiger partial charge in [-0.15, -0.1) is 0 Å². The zero-order chi connectivity index (χ0) is 24.9. The van der Waals surface area contributed by atoms with Gasteiger partial charge in [-0.3, -0.25) is 4.79 Å². The summed E-state index contributed by atoms with van der Waals surface area (Å²) in [6.07, 6.45) is -7.17. The fourth-order valence-electron chi connectivity index (χ4n) is 3.88. The first kappa shape index (κ1) is 23.6. The van der Waals surface area contributed by atoms with Gasteiger partial charge in [-0.2, -0.15) is 0 Å². The molecule has 2 heterocycles. The van der Waals surface area contributed by atoms with Crippen molar-refractivity contribution in [1.82, 2.24) is 0 Å². The van der Waals surface area contributed by atoms with Crippen molar-refractivity contribution in [2.75, 3.05) is 0 Å². The number of aromatic hydroxyl groups is 4. The van der Waals surface area contributed by atoms with Gasteiger partial charge in [-0.1, -0.05) is 6.92 Å². The summed E-state index contributed by atoms with van der Waals surface area (Å²) in [5.74, 6) is -2.61. The minimum absolute atomic E-state index is 0.0711. The molecule has 1 fully saturated rings. The van der Waals surface area contributed by atoms with Gasteiger partial charge in [0.1, 0.15) is 40.8 Å². The number of benzene rings is 2. The molecular weight excluding hydrogens is 452 g/mol. The van der Waals surface area contributed by atoms with Gasteiger partial charge in [-0.25, -0.2) is 0 Å². The van der Waals surface area contributed by atoms with Gasteiger partial charge in [0.15, 0.2) is 17.3 Å². The molecule has 0 saturated carbocycles. The van der Waals surface area contributed by atoms with Crippen LogP contribution in [0.5, 0.6) is 28.7 Å². The molecule has 5 atom stereocenters. The lowest BCUT2D eigenvalue weighted by molar-refractivity contribution is -0.268. The SMILES string of the molecule is CCc1c(O)cc2oc(-c3ccc(O)c(O)c3)c(O[C@@H]3O[C@@H](C)[C@H](O)[C@@H](O)[C@H]3O)c(=O)c2c1O. The molecule has 4 rings (SSSR count). The Labute approximate surface area is 192 Å². The quantitative estimate of drug-likeness (QED) is 0.266. The number of hydrogen-bond donors (Lipinski definition) is 7. The van der Waals surface area contributed by atoms with E-state index in [1.54, 1.807) is 6.92 Å². The summed E-state index contributed by atoms with van der Waals surface area (Å²) >= 11 is 0. The molecule has 0 aliphatic carbocycles. The second kappa shape index (κ2) is 8.69. The lowest BCUT2D eigenvalue weighted by atomic mass is 10.00. The summed E-state index contributed by atoms with van der Waals surface area (Å²) in [5.41, 5.74) is -0.912. The molecule has 182 valence electrons. The predicted molar refractivity (Wildman–Crippen MR) is 117 cm³/mol. The molecular formula is C23H24O11. The average molecular weight is 476 g/mol. The summed E-state index contributed by atoms with van der Waals surface area (Å²) in [7, 11) is 0. The molecule has 7 N–H and O–H groups in total. The summed E-state index contributed by atoms with van der Waals surface area (Å²) in [4.78, 5) is 13.5. The summed E-state index contributed by atoms with van der Waals surface area (Å²) in [6.45, 7) is 3.09. The van der Waals surface area contributed by atoms with E-state index in [-0.39, 0.29) is 40.0 Å². The maximum Gasteiger partial charge on any atom is 0.239 e. The Balaban J connectivity index is 1.96. The van der Waals surface area contributed by atoms with Gasteiger partial charge in [0.05, 0.1) is 6.10 Å².